The van der Waals surface area contributed by atoms with Crippen molar-refractivity contribution >= 4 is 16.7 Å². The monoisotopic (exact) mass is 361 g/mol. The Morgan fingerprint density at radius 1 is 1.15 bits per heavy atom. The second-order valence-electron chi connectivity index (χ2n) is 6.52. The molecule has 3 aromatic rings. The van der Waals surface area contributed by atoms with E-state index in [-0.39, 0.29) is 6.10 Å². The van der Waals surface area contributed by atoms with Gasteiger partial charge in [0.25, 0.3) is 0 Å². The van der Waals surface area contributed by atoms with E-state index in [0.29, 0.717) is 12.4 Å². The molecule has 27 heavy (non-hydrogen) atoms. The molecule has 1 aliphatic heterocycles. The van der Waals surface area contributed by atoms with Crippen LogP contribution < -0.4 is 10.1 Å². The molecule has 1 fully saturated rings. The van der Waals surface area contributed by atoms with E-state index in [0.717, 1.165) is 31.2 Å². The maximum Gasteiger partial charge on any atom is 0.213 e. The Morgan fingerprint density at radius 3 is 2.89 bits per heavy atom. The second-order valence-corrected chi connectivity index (χ2v) is 6.52. The highest BCUT2D eigenvalue weighted by Gasteiger charge is 2.26. The standard InChI is InChI=1S/C21H23N5O/c1-22-21(25-14-19-18-7-3-2-6-16(18)9-12-23-19)26-13-10-17(15-26)27-20-8-4-5-11-24-20/h2-9,11-12,17H,10,13-15H2,1H3,(H,22,25). The van der Waals surface area contributed by atoms with Crippen LogP contribution in [0.1, 0.15) is 12.1 Å². The fourth-order valence-corrected chi connectivity index (χ4v) is 3.42. The summed E-state index contributed by atoms with van der Waals surface area (Å²) in [6.45, 7) is 2.33. The number of likely N-dealkylation sites (tertiary alicyclic amines) is 1. The van der Waals surface area contributed by atoms with Crippen molar-refractivity contribution in [2.24, 2.45) is 4.99 Å². The van der Waals surface area contributed by atoms with Crippen LogP contribution in [-0.2, 0) is 6.54 Å². The highest BCUT2D eigenvalue weighted by Crippen LogP contribution is 2.18. The number of fused-ring (bicyclic) bond motifs is 1. The Morgan fingerprint density at radius 2 is 2.04 bits per heavy atom. The zero-order chi connectivity index (χ0) is 18.5. The van der Waals surface area contributed by atoms with Crippen LogP contribution >= 0.6 is 0 Å². The molecule has 0 radical (unpaired) electrons. The van der Waals surface area contributed by atoms with Gasteiger partial charge in [0.05, 0.1) is 18.8 Å². The lowest BCUT2D eigenvalue weighted by molar-refractivity contribution is 0.205. The summed E-state index contributed by atoms with van der Waals surface area (Å²) >= 11 is 0. The highest BCUT2D eigenvalue weighted by molar-refractivity contribution is 5.85. The van der Waals surface area contributed by atoms with Crippen LogP contribution in [0.3, 0.4) is 0 Å². The van der Waals surface area contributed by atoms with Gasteiger partial charge in [0.15, 0.2) is 5.96 Å². The number of hydrogen-bond donors (Lipinski definition) is 1. The van der Waals surface area contributed by atoms with Crippen molar-refractivity contribution in [2.75, 3.05) is 20.1 Å². The van der Waals surface area contributed by atoms with Crippen LogP contribution in [0.25, 0.3) is 10.8 Å². The number of ether oxygens (including phenoxy) is 1. The molecule has 138 valence electrons. The SMILES string of the molecule is CN=C(NCc1nccc2ccccc12)N1CCC(Oc2ccccn2)C1. The first-order valence-electron chi connectivity index (χ1n) is 9.19. The molecule has 1 aliphatic rings. The lowest BCUT2D eigenvalue weighted by atomic mass is 10.1. The average molecular weight is 361 g/mol. The van der Waals surface area contributed by atoms with E-state index in [1.807, 2.05) is 49.6 Å². The molecule has 4 rings (SSSR count). The van der Waals surface area contributed by atoms with Crippen molar-refractivity contribution in [1.82, 2.24) is 20.2 Å². The fourth-order valence-electron chi connectivity index (χ4n) is 3.42. The van der Waals surface area contributed by atoms with Gasteiger partial charge >= 0.3 is 0 Å². The summed E-state index contributed by atoms with van der Waals surface area (Å²) in [5.74, 6) is 1.55. The van der Waals surface area contributed by atoms with Crippen molar-refractivity contribution in [2.45, 2.75) is 19.1 Å². The fraction of sp³-hybridized carbons (Fsp3) is 0.286. The third-order valence-electron chi connectivity index (χ3n) is 4.75. The summed E-state index contributed by atoms with van der Waals surface area (Å²) in [6.07, 6.45) is 4.67. The Kier molecular flexibility index (Phi) is 5.14. The quantitative estimate of drug-likeness (QED) is 0.572. The zero-order valence-corrected chi connectivity index (χ0v) is 15.4. The van der Waals surface area contributed by atoms with Crippen LogP contribution in [0, 0.1) is 0 Å². The van der Waals surface area contributed by atoms with Crippen molar-refractivity contribution in [1.29, 1.82) is 0 Å². The normalized spacial score (nSPS) is 17.3. The molecule has 6 nitrogen and oxygen atoms in total. The summed E-state index contributed by atoms with van der Waals surface area (Å²) in [4.78, 5) is 15.4. The molecule has 1 unspecified atom stereocenters. The molecular weight excluding hydrogens is 338 g/mol. The van der Waals surface area contributed by atoms with Crippen molar-refractivity contribution in [3.05, 3.63) is 66.6 Å². The number of nitrogens with zero attached hydrogens (tertiary/aromatic N) is 4. The summed E-state index contributed by atoms with van der Waals surface area (Å²) in [5, 5.41) is 5.81. The van der Waals surface area contributed by atoms with Crippen molar-refractivity contribution in [3.8, 4) is 5.88 Å². The third kappa shape index (κ3) is 4.00. The van der Waals surface area contributed by atoms with Gasteiger partial charge in [-0.3, -0.25) is 9.98 Å². The number of guanidine groups is 1. The molecule has 0 spiro atoms. The average Bonchev–Trinajstić information content (AvgIpc) is 3.17. The predicted octanol–water partition coefficient (Wildman–Crippen LogP) is 2.86. The van der Waals surface area contributed by atoms with E-state index in [1.54, 1.807) is 6.20 Å². The lowest BCUT2D eigenvalue weighted by Crippen LogP contribution is -2.40. The number of nitrogens with one attached hydrogen (secondary N) is 1. The highest BCUT2D eigenvalue weighted by atomic mass is 16.5. The minimum atomic E-state index is 0.120. The summed E-state index contributed by atoms with van der Waals surface area (Å²) in [5.41, 5.74) is 1.02. The van der Waals surface area contributed by atoms with E-state index in [1.165, 1.54) is 10.8 Å². The predicted molar refractivity (Wildman–Crippen MR) is 107 cm³/mol. The smallest absolute Gasteiger partial charge is 0.213 e. The first-order valence-corrected chi connectivity index (χ1v) is 9.19. The van der Waals surface area contributed by atoms with E-state index in [2.05, 4.69) is 37.3 Å². The summed E-state index contributed by atoms with van der Waals surface area (Å²) in [6, 6.07) is 16.1. The first kappa shape index (κ1) is 17.3. The third-order valence-corrected chi connectivity index (χ3v) is 4.75. The molecule has 2 aromatic heterocycles. The number of benzene rings is 1. The second kappa shape index (κ2) is 8.03. The molecule has 1 N–H and O–H groups in total. The molecule has 6 heteroatoms. The number of hydrogen-bond acceptors (Lipinski definition) is 4. The van der Waals surface area contributed by atoms with Gasteiger partial charge in [-0.2, -0.15) is 0 Å². The molecule has 3 heterocycles. The van der Waals surface area contributed by atoms with E-state index >= 15 is 0 Å². The topological polar surface area (TPSA) is 62.6 Å². The Balaban J connectivity index is 1.38. The van der Waals surface area contributed by atoms with Crippen LogP contribution in [0.15, 0.2) is 65.9 Å². The molecule has 1 aromatic carbocycles. The minimum absolute atomic E-state index is 0.120. The van der Waals surface area contributed by atoms with Gasteiger partial charge in [-0.25, -0.2) is 4.98 Å². The maximum atomic E-state index is 5.97. The number of rotatable bonds is 4. The van der Waals surface area contributed by atoms with E-state index in [4.69, 9.17) is 4.74 Å². The van der Waals surface area contributed by atoms with Gasteiger partial charge in [0.1, 0.15) is 6.10 Å². The summed E-state index contributed by atoms with van der Waals surface area (Å²) in [7, 11) is 1.81. The first-order chi connectivity index (χ1) is 13.3. The largest absolute Gasteiger partial charge is 0.472 e. The van der Waals surface area contributed by atoms with Gasteiger partial charge < -0.3 is 15.0 Å². The Hall–Kier alpha value is -3.15. The van der Waals surface area contributed by atoms with Gasteiger partial charge in [0.2, 0.25) is 5.88 Å². The molecule has 0 bridgehead atoms. The minimum Gasteiger partial charge on any atom is -0.472 e. The number of aromatic nitrogens is 2. The lowest BCUT2D eigenvalue weighted by Gasteiger charge is -2.21. The van der Waals surface area contributed by atoms with Gasteiger partial charge in [-0.1, -0.05) is 30.3 Å². The molecule has 0 amide bonds. The maximum absolute atomic E-state index is 5.97. The van der Waals surface area contributed by atoms with Crippen LogP contribution in [-0.4, -0.2) is 47.1 Å². The summed E-state index contributed by atoms with van der Waals surface area (Å²) < 4.78 is 5.97. The number of aliphatic imine (C=N–C) groups is 1. The molecule has 1 atom stereocenters. The molecule has 1 saturated heterocycles. The number of pyridine rings is 2. The van der Waals surface area contributed by atoms with Crippen molar-refractivity contribution in [3.63, 3.8) is 0 Å². The van der Waals surface area contributed by atoms with Crippen LogP contribution in [0.4, 0.5) is 0 Å². The Labute approximate surface area is 158 Å². The van der Waals surface area contributed by atoms with Crippen LogP contribution in [0.5, 0.6) is 5.88 Å². The molecule has 0 saturated carbocycles. The van der Waals surface area contributed by atoms with Gasteiger partial charge in [-0.05, 0) is 17.5 Å². The molecular formula is C21H23N5O. The zero-order valence-electron chi connectivity index (χ0n) is 15.4. The molecule has 0 aliphatic carbocycles. The van der Waals surface area contributed by atoms with Gasteiger partial charge in [-0.15, -0.1) is 0 Å². The van der Waals surface area contributed by atoms with Crippen LogP contribution in [0.2, 0.25) is 0 Å². The van der Waals surface area contributed by atoms with E-state index < -0.39 is 0 Å². The van der Waals surface area contributed by atoms with Crippen molar-refractivity contribution < 1.29 is 4.74 Å². The Bertz CT molecular complexity index is 923. The van der Waals surface area contributed by atoms with E-state index in [9.17, 15) is 0 Å². The van der Waals surface area contributed by atoms with Gasteiger partial charge in [0, 0.05) is 43.9 Å².